The molecule has 2 aromatic rings. The van der Waals surface area contributed by atoms with Gasteiger partial charge in [0.25, 0.3) is 0 Å². The van der Waals surface area contributed by atoms with Crippen LogP contribution in [0.3, 0.4) is 0 Å². The lowest BCUT2D eigenvalue weighted by molar-refractivity contribution is 0.391. The maximum Gasteiger partial charge on any atom is 0.236 e. The van der Waals surface area contributed by atoms with Crippen molar-refractivity contribution < 1.29 is 25.0 Å². The normalized spacial score (nSPS) is 12.9. The highest BCUT2D eigenvalue weighted by atomic mass is 32.2. The number of rotatable bonds is 4. The molecule has 0 radical (unpaired) electrons. The second-order valence-corrected chi connectivity index (χ2v) is 6.07. The summed E-state index contributed by atoms with van der Waals surface area (Å²) in [5.41, 5.74) is 1.32. The molecule has 1 aromatic heterocycles. The SMILES string of the molecule is COc1nccnc1CS(=O)(=O)c1ccc(C)cc1.[2H][2H].[2H][2H].[2H][2H].[2H][2H]. The summed E-state index contributed by atoms with van der Waals surface area (Å²) in [6.07, 6.45) is 2.91. The summed E-state index contributed by atoms with van der Waals surface area (Å²) in [4.78, 5) is 8.22. The topological polar surface area (TPSA) is 69.2 Å². The molecule has 0 aliphatic rings. The fourth-order valence-electron chi connectivity index (χ4n) is 1.63. The fourth-order valence-corrected chi connectivity index (χ4v) is 2.91. The largest absolute Gasteiger partial charge is 0.480 e. The quantitative estimate of drug-likeness (QED) is 0.867. The molecule has 0 atom stereocenters. The van der Waals surface area contributed by atoms with Crippen molar-refractivity contribution in [1.82, 2.24) is 9.97 Å². The standard InChI is InChI=1S/C13H14N2O3S.4H2/c1-10-3-5-11(6-4-10)19(16,17)9-12-13(18-2)15-8-7-14-12;;;;/h3-8H,9H2,1-2H3;4*1H/i;4*1+1D. The van der Waals surface area contributed by atoms with Gasteiger partial charge in [0.05, 0.1) is 12.0 Å². The van der Waals surface area contributed by atoms with Gasteiger partial charge in [-0.05, 0) is 19.1 Å². The minimum atomic E-state index is -3.45. The van der Waals surface area contributed by atoms with Gasteiger partial charge in [0.15, 0.2) is 9.84 Å². The molecule has 0 amide bonds. The van der Waals surface area contributed by atoms with Crippen LogP contribution in [0.25, 0.3) is 0 Å². The highest BCUT2D eigenvalue weighted by Crippen LogP contribution is 2.20. The maximum atomic E-state index is 12.3. The van der Waals surface area contributed by atoms with Gasteiger partial charge >= 0.3 is 0 Å². The number of aryl methyl sites for hydroxylation is 1. The van der Waals surface area contributed by atoms with Gasteiger partial charge in [0.1, 0.15) is 11.4 Å². The van der Waals surface area contributed by atoms with Crippen molar-refractivity contribution in [2.24, 2.45) is 0 Å². The lowest BCUT2D eigenvalue weighted by Gasteiger charge is -2.07. The monoisotopic (exact) mass is 294 g/mol. The zero-order valence-electron chi connectivity index (χ0n) is 18.7. The first-order valence-electron chi connectivity index (χ1n) is 9.66. The zero-order chi connectivity index (χ0) is 21.9. The summed E-state index contributed by atoms with van der Waals surface area (Å²) in [5.74, 6) is 0.00534. The average Bonchev–Trinajstić information content (AvgIpc) is 2.74. The molecule has 2 rings (SSSR count). The summed E-state index contributed by atoms with van der Waals surface area (Å²) in [6, 6.07) is 6.71. The van der Waals surface area contributed by atoms with E-state index in [4.69, 9.17) is 16.6 Å². The minimum Gasteiger partial charge on any atom is -0.480 e. The number of hydrogen-bond donors (Lipinski definition) is 0. The second kappa shape index (κ2) is 5.36. The third-order valence-corrected chi connectivity index (χ3v) is 4.28. The maximum absolute atomic E-state index is 12.3. The van der Waals surface area contributed by atoms with Crippen LogP contribution in [0.4, 0.5) is 0 Å². The van der Waals surface area contributed by atoms with Crippen LogP contribution in [0.15, 0.2) is 41.6 Å². The van der Waals surface area contributed by atoms with Gasteiger partial charge in [-0.2, -0.15) is 0 Å². The highest BCUT2D eigenvalue weighted by Gasteiger charge is 2.19. The Kier molecular flexibility index (Phi) is 2.55. The van der Waals surface area contributed by atoms with E-state index in [1.165, 1.54) is 19.5 Å². The van der Waals surface area contributed by atoms with Crippen molar-refractivity contribution >= 4 is 9.84 Å². The number of sulfone groups is 1. The Morgan fingerprint density at radius 2 is 1.84 bits per heavy atom. The van der Waals surface area contributed by atoms with Crippen LogP contribution in [0.1, 0.15) is 23.1 Å². The van der Waals surface area contributed by atoms with Crippen molar-refractivity contribution in [2.45, 2.75) is 17.6 Å². The average molecular weight is 294 g/mol. The van der Waals surface area contributed by atoms with Crippen molar-refractivity contribution in [3.8, 4) is 5.88 Å². The molecule has 5 nitrogen and oxygen atoms in total. The lowest BCUT2D eigenvalue weighted by atomic mass is 10.2. The number of ether oxygens (including phenoxy) is 1. The molecule has 0 saturated carbocycles. The van der Waals surface area contributed by atoms with E-state index in [1.807, 2.05) is 6.92 Å². The van der Waals surface area contributed by atoms with Crippen molar-refractivity contribution in [2.75, 3.05) is 7.11 Å². The van der Waals surface area contributed by atoms with Crippen LogP contribution in [0.2, 0.25) is 0 Å². The van der Waals surface area contributed by atoms with Crippen LogP contribution in [-0.2, 0) is 15.6 Å². The molecule has 0 N–H and O–H groups in total. The van der Waals surface area contributed by atoms with Crippen molar-refractivity contribution in [3.05, 3.63) is 47.9 Å². The van der Waals surface area contributed by atoms with E-state index >= 15 is 0 Å². The number of benzene rings is 1. The molecular formula is C13H22N2O3S. The molecule has 0 aliphatic carbocycles. The van der Waals surface area contributed by atoms with Crippen LogP contribution in [0, 0.1) is 6.92 Å². The van der Waals surface area contributed by atoms with Crippen LogP contribution < -0.4 is 4.74 Å². The van der Waals surface area contributed by atoms with Crippen LogP contribution >= 0.6 is 0 Å². The molecule has 108 valence electrons. The van der Waals surface area contributed by atoms with E-state index in [-0.39, 0.29) is 16.5 Å². The van der Waals surface area contributed by atoms with Crippen molar-refractivity contribution in [3.63, 3.8) is 0 Å². The smallest absolute Gasteiger partial charge is 0.236 e. The van der Waals surface area contributed by atoms with Gasteiger partial charge in [0.2, 0.25) is 5.88 Å². The Morgan fingerprint density at radius 3 is 2.47 bits per heavy atom. The third kappa shape index (κ3) is 3.08. The van der Waals surface area contributed by atoms with E-state index < -0.39 is 9.84 Å². The molecular weight excluding hydrogens is 264 g/mol. The van der Waals surface area contributed by atoms with Gasteiger partial charge in [-0.25, -0.2) is 13.4 Å². The van der Waals surface area contributed by atoms with Gasteiger partial charge in [-0.1, -0.05) is 17.7 Å². The Labute approximate surface area is 124 Å². The molecule has 0 unspecified atom stereocenters. The second-order valence-electron chi connectivity index (χ2n) is 4.08. The summed E-state index contributed by atoms with van der Waals surface area (Å²) >= 11 is 0. The summed E-state index contributed by atoms with van der Waals surface area (Å²) in [5, 5.41) is 0. The number of aromatic nitrogens is 2. The van der Waals surface area contributed by atoms with E-state index in [0.29, 0.717) is 5.69 Å². The first kappa shape index (κ1) is 9.03. The van der Waals surface area contributed by atoms with Gasteiger partial charge in [-0.15, -0.1) is 0 Å². The number of hydrogen-bond acceptors (Lipinski definition) is 5. The first-order valence-corrected chi connectivity index (χ1v) is 7.31. The predicted molar refractivity (Wildman–Crippen MR) is 79.1 cm³/mol. The van der Waals surface area contributed by atoms with Gasteiger partial charge < -0.3 is 4.74 Å². The molecule has 0 fully saturated rings. The fraction of sp³-hybridized carbons (Fsp3) is 0.231. The zero-order valence-corrected chi connectivity index (χ0v) is 11.5. The molecule has 0 spiro atoms. The lowest BCUT2D eigenvalue weighted by Crippen LogP contribution is -2.08. The third-order valence-electron chi connectivity index (χ3n) is 2.64. The Bertz CT molecular complexity index is 690. The predicted octanol–water partition coefficient (Wildman–Crippen LogP) is 2.75. The first-order chi connectivity index (χ1) is 13.0. The van der Waals surface area contributed by atoms with Gasteiger partial charge in [-0.3, -0.25) is 4.98 Å². The van der Waals surface area contributed by atoms with Gasteiger partial charge in [0, 0.05) is 24.3 Å². The Hall–Kier alpha value is -1.95. The molecule has 1 aromatic carbocycles. The molecule has 1 heterocycles. The van der Waals surface area contributed by atoms with Crippen LogP contribution in [-0.4, -0.2) is 25.5 Å². The van der Waals surface area contributed by atoms with Crippen molar-refractivity contribution in [1.29, 1.82) is 0 Å². The molecule has 0 bridgehead atoms. The minimum absolute atomic E-state index is 0.229. The summed E-state index contributed by atoms with van der Waals surface area (Å²) < 4.78 is 69.5. The highest BCUT2D eigenvalue weighted by molar-refractivity contribution is 7.90. The van der Waals surface area contributed by atoms with E-state index in [0.717, 1.165) is 5.56 Å². The Balaban J connectivity index is -0.000000638. The summed E-state index contributed by atoms with van der Waals surface area (Å²) in [6.45, 7) is 1.90. The van der Waals surface area contributed by atoms with E-state index in [1.54, 1.807) is 24.3 Å². The van der Waals surface area contributed by atoms with E-state index in [2.05, 4.69) is 9.97 Å². The number of methoxy groups -OCH3 is 1. The molecule has 0 saturated heterocycles. The van der Waals surface area contributed by atoms with Crippen LogP contribution in [0.5, 0.6) is 5.88 Å². The van der Waals surface area contributed by atoms with E-state index in [9.17, 15) is 8.42 Å². The molecule has 0 aliphatic heterocycles. The Morgan fingerprint density at radius 1 is 1.21 bits per heavy atom. The molecule has 19 heavy (non-hydrogen) atoms. The number of nitrogens with zero attached hydrogens (tertiary/aromatic N) is 2. The molecule has 6 heteroatoms. The summed E-state index contributed by atoms with van der Waals surface area (Å²) in [7, 11) is -2.01.